The van der Waals surface area contributed by atoms with E-state index < -0.39 is 5.82 Å². The molecule has 0 aliphatic carbocycles. The average molecular weight is 406 g/mol. The third-order valence-electron chi connectivity index (χ3n) is 4.23. The van der Waals surface area contributed by atoms with Gasteiger partial charge in [0.15, 0.2) is 5.13 Å². The number of fused-ring (bicyclic) bond motifs is 1. The van der Waals surface area contributed by atoms with Crippen LogP contribution in [0.2, 0.25) is 5.02 Å². The molecular formula is C20H21ClFN3OS. The van der Waals surface area contributed by atoms with Crippen molar-refractivity contribution in [2.75, 3.05) is 32.1 Å². The molecule has 0 unspecified atom stereocenters. The van der Waals surface area contributed by atoms with Gasteiger partial charge in [-0.25, -0.2) is 9.37 Å². The van der Waals surface area contributed by atoms with Crippen molar-refractivity contribution in [1.82, 2.24) is 9.88 Å². The van der Waals surface area contributed by atoms with E-state index in [-0.39, 0.29) is 16.5 Å². The van der Waals surface area contributed by atoms with Crippen molar-refractivity contribution in [3.63, 3.8) is 0 Å². The zero-order valence-corrected chi connectivity index (χ0v) is 17.3. The number of aromatic nitrogens is 1. The fourth-order valence-electron chi connectivity index (χ4n) is 2.87. The van der Waals surface area contributed by atoms with Crippen molar-refractivity contribution in [3.8, 4) is 0 Å². The van der Waals surface area contributed by atoms with Crippen LogP contribution in [0.5, 0.6) is 0 Å². The van der Waals surface area contributed by atoms with E-state index in [2.05, 4.69) is 12.1 Å². The van der Waals surface area contributed by atoms with Crippen LogP contribution in [0.25, 0.3) is 10.2 Å². The fraction of sp³-hybridized carbons (Fsp3) is 0.300. The summed E-state index contributed by atoms with van der Waals surface area (Å²) in [5.74, 6) is -0.752. The Hall–Kier alpha value is -2.02. The van der Waals surface area contributed by atoms with Crippen LogP contribution in [0.3, 0.4) is 0 Å². The molecule has 142 valence electrons. The predicted octanol–water partition coefficient (Wildman–Crippen LogP) is 4.91. The van der Waals surface area contributed by atoms with Crippen molar-refractivity contribution >= 4 is 44.2 Å². The van der Waals surface area contributed by atoms with E-state index in [9.17, 15) is 9.18 Å². The summed E-state index contributed by atoms with van der Waals surface area (Å²) in [5, 5.41) is 0.717. The molecule has 1 aromatic heterocycles. The number of benzene rings is 2. The quantitative estimate of drug-likeness (QED) is 0.604. The maximum atomic E-state index is 13.4. The van der Waals surface area contributed by atoms with Crippen molar-refractivity contribution in [1.29, 1.82) is 0 Å². The molecule has 0 radical (unpaired) electrons. The highest BCUT2D eigenvalue weighted by molar-refractivity contribution is 7.22. The van der Waals surface area contributed by atoms with Gasteiger partial charge in [-0.05, 0) is 63.3 Å². The van der Waals surface area contributed by atoms with Crippen LogP contribution in [0.1, 0.15) is 21.5 Å². The van der Waals surface area contributed by atoms with Crippen molar-refractivity contribution in [3.05, 3.63) is 57.9 Å². The molecule has 3 aromatic rings. The number of aryl methyl sites for hydroxylation is 2. The van der Waals surface area contributed by atoms with E-state index in [4.69, 9.17) is 16.6 Å². The van der Waals surface area contributed by atoms with Crippen LogP contribution in [-0.2, 0) is 0 Å². The van der Waals surface area contributed by atoms with Gasteiger partial charge in [0, 0.05) is 13.1 Å². The average Bonchev–Trinajstić information content (AvgIpc) is 2.98. The maximum absolute atomic E-state index is 13.4. The molecule has 0 spiro atoms. The van der Waals surface area contributed by atoms with E-state index in [1.165, 1.54) is 23.5 Å². The predicted molar refractivity (Wildman–Crippen MR) is 111 cm³/mol. The third kappa shape index (κ3) is 4.29. The highest BCUT2D eigenvalue weighted by Crippen LogP contribution is 2.33. The first-order valence-corrected chi connectivity index (χ1v) is 9.75. The lowest BCUT2D eigenvalue weighted by molar-refractivity contribution is 0.0985. The number of carbonyl (C=O) groups is 1. The molecule has 0 saturated heterocycles. The zero-order valence-electron chi connectivity index (χ0n) is 15.7. The minimum absolute atomic E-state index is 0.1000. The molecule has 1 heterocycles. The van der Waals surface area contributed by atoms with Gasteiger partial charge in [0.25, 0.3) is 5.91 Å². The summed E-state index contributed by atoms with van der Waals surface area (Å²) < 4.78 is 14.4. The number of hydrogen-bond donors (Lipinski definition) is 0. The number of rotatable bonds is 5. The van der Waals surface area contributed by atoms with Gasteiger partial charge in [-0.1, -0.05) is 29.0 Å². The minimum atomic E-state index is -0.470. The maximum Gasteiger partial charge on any atom is 0.261 e. The summed E-state index contributed by atoms with van der Waals surface area (Å²) in [5.41, 5.74) is 3.40. The molecule has 0 bridgehead atoms. The Morgan fingerprint density at radius 3 is 2.59 bits per heavy atom. The minimum Gasteiger partial charge on any atom is -0.308 e. The lowest BCUT2D eigenvalue weighted by Gasteiger charge is -2.22. The molecule has 0 fully saturated rings. The first-order chi connectivity index (χ1) is 12.8. The van der Waals surface area contributed by atoms with Crippen molar-refractivity contribution in [2.45, 2.75) is 13.8 Å². The van der Waals surface area contributed by atoms with Crippen LogP contribution in [0.15, 0.2) is 30.3 Å². The van der Waals surface area contributed by atoms with Crippen LogP contribution in [-0.4, -0.2) is 43.0 Å². The van der Waals surface area contributed by atoms with Gasteiger partial charge in [-0.15, -0.1) is 0 Å². The van der Waals surface area contributed by atoms with Crippen LogP contribution < -0.4 is 4.90 Å². The summed E-state index contributed by atoms with van der Waals surface area (Å²) in [6.45, 7) is 5.18. The highest BCUT2D eigenvalue weighted by atomic mass is 35.5. The van der Waals surface area contributed by atoms with E-state index in [0.29, 0.717) is 18.2 Å². The number of hydrogen-bond acceptors (Lipinski definition) is 4. The van der Waals surface area contributed by atoms with Crippen LogP contribution in [0, 0.1) is 19.7 Å². The normalized spacial score (nSPS) is 11.4. The first-order valence-electron chi connectivity index (χ1n) is 8.55. The van der Waals surface area contributed by atoms with Gasteiger partial charge in [0.05, 0.1) is 20.8 Å². The number of anilines is 1. The Morgan fingerprint density at radius 1 is 1.19 bits per heavy atom. The van der Waals surface area contributed by atoms with Crippen LogP contribution >= 0.6 is 22.9 Å². The Morgan fingerprint density at radius 2 is 1.93 bits per heavy atom. The third-order valence-corrected chi connectivity index (χ3v) is 5.57. The molecular weight excluding hydrogens is 385 g/mol. The summed E-state index contributed by atoms with van der Waals surface area (Å²) in [4.78, 5) is 21.5. The molecule has 0 aliphatic rings. The standard InChI is InChI=1S/C20H21ClFN3OS/c1-12-9-13(2)18-17(10-12)27-20(23-18)25(8-7-24(3)4)19(26)15-6-5-14(22)11-16(15)21/h5-6,9-11H,7-8H2,1-4H3. The number of nitrogens with zero attached hydrogens (tertiary/aromatic N) is 3. The van der Waals surface area contributed by atoms with E-state index in [0.717, 1.165) is 27.4 Å². The Balaban J connectivity index is 2.05. The van der Waals surface area contributed by atoms with Gasteiger partial charge in [-0.2, -0.15) is 0 Å². The van der Waals surface area contributed by atoms with E-state index in [1.807, 2.05) is 32.8 Å². The summed E-state index contributed by atoms with van der Waals surface area (Å²) in [7, 11) is 3.89. The van der Waals surface area contributed by atoms with Crippen LogP contribution in [0.4, 0.5) is 9.52 Å². The smallest absolute Gasteiger partial charge is 0.261 e. The number of halogens is 2. The van der Waals surface area contributed by atoms with Gasteiger partial charge in [-0.3, -0.25) is 9.69 Å². The van der Waals surface area contributed by atoms with E-state index in [1.54, 1.807) is 4.90 Å². The summed E-state index contributed by atoms with van der Waals surface area (Å²) in [6, 6.07) is 7.98. The molecule has 4 nitrogen and oxygen atoms in total. The summed E-state index contributed by atoms with van der Waals surface area (Å²) >= 11 is 7.60. The van der Waals surface area contributed by atoms with Crippen molar-refractivity contribution in [2.24, 2.45) is 0 Å². The van der Waals surface area contributed by atoms with Gasteiger partial charge >= 0.3 is 0 Å². The molecule has 0 saturated carbocycles. The fourth-order valence-corrected chi connectivity index (χ4v) is 4.28. The number of likely N-dealkylation sites (N-methyl/N-ethyl adjacent to an activating group) is 1. The molecule has 7 heteroatoms. The zero-order chi connectivity index (χ0) is 19.7. The van der Waals surface area contributed by atoms with Gasteiger partial charge in [0.2, 0.25) is 0 Å². The number of carbonyl (C=O) groups excluding carboxylic acids is 1. The topological polar surface area (TPSA) is 36.4 Å². The van der Waals surface area contributed by atoms with Gasteiger partial charge in [0.1, 0.15) is 5.82 Å². The lowest BCUT2D eigenvalue weighted by atomic mass is 10.1. The molecule has 2 aromatic carbocycles. The first kappa shape index (κ1) is 19.7. The molecule has 0 N–H and O–H groups in total. The Kier molecular flexibility index (Phi) is 5.79. The molecule has 0 atom stereocenters. The van der Waals surface area contributed by atoms with E-state index >= 15 is 0 Å². The second-order valence-corrected chi connectivity index (χ2v) is 8.23. The molecule has 3 rings (SSSR count). The molecule has 1 amide bonds. The Labute approximate surface area is 167 Å². The monoisotopic (exact) mass is 405 g/mol. The number of amides is 1. The second kappa shape index (κ2) is 7.92. The highest BCUT2D eigenvalue weighted by Gasteiger charge is 2.24. The SMILES string of the molecule is Cc1cc(C)c2nc(N(CCN(C)C)C(=O)c3ccc(F)cc3Cl)sc2c1. The molecule has 27 heavy (non-hydrogen) atoms. The number of thiazole rings is 1. The lowest BCUT2D eigenvalue weighted by Crippen LogP contribution is -2.36. The molecule has 0 aliphatic heterocycles. The Bertz CT molecular complexity index is 1000. The van der Waals surface area contributed by atoms with Crippen molar-refractivity contribution < 1.29 is 9.18 Å². The summed E-state index contributed by atoms with van der Waals surface area (Å²) in [6.07, 6.45) is 0. The van der Waals surface area contributed by atoms with Gasteiger partial charge < -0.3 is 4.90 Å². The largest absolute Gasteiger partial charge is 0.308 e. The second-order valence-electron chi connectivity index (χ2n) is 6.81.